The van der Waals surface area contributed by atoms with Crippen LogP contribution < -0.4 is 10.8 Å². The van der Waals surface area contributed by atoms with Gasteiger partial charge in [0.25, 0.3) is 0 Å². The second-order valence-electron chi connectivity index (χ2n) is 4.16. The Bertz CT molecular complexity index is 475. The first-order valence-corrected chi connectivity index (χ1v) is 5.61. The molecule has 6 heteroatoms. The van der Waals surface area contributed by atoms with Crippen LogP contribution >= 0.6 is 0 Å². The molecule has 0 bridgehead atoms. The number of likely N-dealkylation sites (N-methyl/N-ethyl adjacent to an activating group) is 1. The first kappa shape index (κ1) is 12.5. The molecule has 0 radical (unpaired) electrons. The van der Waals surface area contributed by atoms with Crippen LogP contribution in [0.25, 0.3) is 0 Å². The normalized spacial score (nSPS) is 16.3. The Labute approximate surface area is 105 Å². The molecule has 0 saturated carbocycles. The minimum absolute atomic E-state index is 0.268. The van der Waals surface area contributed by atoms with Gasteiger partial charge in [0, 0.05) is 25.8 Å². The summed E-state index contributed by atoms with van der Waals surface area (Å²) in [6, 6.07) is 7.23. The van der Waals surface area contributed by atoms with E-state index in [9.17, 15) is 9.59 Å². The number of hydrogen-bond donors (Lipinski definition) is 1. The maximum Gasteiger partial charge on any atom is 0.316 e. The average molecular weight is 249 g/mol. The van der Waals surface area contributed by atoms with Crippen LogP contribution in [0.1, 0.15) is 5.56 Å². The minimum atomic E-state index is -0.505. The van der Waals surface area contributed by atoms with Crippen molar-refractivity contribution in [2.75, 3.05) is 25.0 Å². The van der Waals surface area contributed by atoms with Gasteiger partial charge in [-0.2, -0.15) is 0 Å². The van der Waals surface area contributed by atoms with Gasteiger partial charge >= 0.3 is 11.8 Å². The summed E-state index contributed by atoms with van der Waals surface area (Å²) in [4.78, 5) is 30.9. The van der Waals surface area contributed by atoms with Crippen molar-refractivity contribution in [3.63, 3.8) is 0 Å². The second-order valence-corrected chi connectivity index (χ2v) is 4.16. The molecule has 0 aromatic heterocycles. The molecule has 1 heterocycles. The number of piperazine rings is 1. The van der Waals surface area contributed by atoms with Crippen molar-refractivity contribution in [2.45, 2.75) is 6.61 Å². The molecule has 0 spiro atoms. The van der Waals surface area contributed by atoms with E-state index in [-0.39, 0.29) is 6.61 Å². The SMILES string of the molecule is CN1CCN(c2cccc(CON)c2)C(=O)C1=O. The molecule has 0 atom stereocenters. The predicted molar refractivity (Wildman–Crippen MR) is 65.4 cm³/mol. The quantitative estimate of drug-likeness (QED) is 0.598. The lowest BCUT2D eigenvalue weighted by Gasteiger charge is -2.31. The lowest BCUT2D eigenvalue weighted by Crippen LogP contribution is -2.53. The topological polar surface area (TPSA) is 75.9 Å². The number of hydrogen-bond acceptors (Lipinski definition) is 4. The number of amides is 2. The Morgan fingerprint density at radius 3 is 2.78 bits per heavy atom. The Morgan fingerprint density at radius 2 is 2.06 bits per heavy atom. The lowest BCUT2D eigenvalue weighted by atomic mass is 10.1. The molecule has 1 fully saturated rings. The van der Waals surface area contributed by atoms with Crippen molar-refractivity contribution in [1.29, 1.82) is 0 Å². The number of carbonyl (C=O) groups is 2. The van der Waals surface area contributed by atoms with Crippen molar-refractivity contribution < 1.29 is 14.4 Å². The van der Waals surface area contributed by atoms with E-state index in [1.165, 1.54) is 9.80 Å². The minimum Gasteiger partial charge on any atom is -0.336 e. The van der Waals surface area contributed by atoms with Gasteiger partial charge in [0.05, 0.1) is 6.61 Å². The third-order valence-corrected chi connectivity index (χ3v) is 2.91. The highest BCUT2D eigenvalue weighted by Crippen LogP contribution is 2.19. The average Bonchev–Trinajstić information content (AvgIpc) is 2.37. The van der Waals surface area contributed by atoms with Crippen molar-refractivity contribution >= 4 is 17.5 Å². The number of nitrogens with zero attached hydrogens (tertiary/aromatic N) is 2. The monoisotopic (exact) mass is 249 g/mol. The summed E-state index contributed by atoms with van der Waals surface area (Å²) < 4.78 is 0. The van der Waals surface area contributed by atoms with Crippen LogP contribution in [0.15, 0.2) is 24.3 Å². The number of rotatable bonds is 3. The first-order chi connectivity index (χ1) is 8.63. The molecule has 1 aliphatic heterocycles. The van der Waals surface area contributed by atoms with Gasteiger partial charge in [-0.25, -0.2) is 5.90 Å². The molecule has 2 rings (SSSR count). The highest BCUT2D eigenvalue weighted by atomic mass is 16.6. The smallest absolute Gasteiger partial charge is 0.316 e. The van der Waals surface area contributed by atoms with Crippen LogP contribution in [0, 0.1) is 0 Å². The number of benzene rings is 1. The van der Waals surface area contributed by atoms with Crippen LogP contribution in [0.4, 0.5) is 5.69 Å². The van der Waals surface area contributed by atoms with Crippen molar-refractivity contribution in [3.8, 4) is 0 Å². The molecule has 0 unspecified atom stereocenters. The summed E-state index contributed by atoms with van der Waals surface area (Å²) in [6.45, 7) is 1.29. The lowest BCUT2D eigenvalue weighted by molar-refractivity contribution is -0.145. The predicted octanol–water partition coefficient (Wildman–Crippen LogP) is -0.118. The maximum absolute atomic E-state index is 11.9. The molecule has 18 heavy (non-hydrogen) atoms. The molecule has 1 saturated heterocycles. The zero-order valence-corrected chi connectivity index (χ0v) is 10.1. The molecule has 2 amide bonds. The zero-order valence-electron chi connectivity index (χ0n) is 10.1. The van der Waals surface area contributed by atoms with E-state index in [1.807, 2.05) is 6.07 Å². The molecule has 1 aromatic carbocycles. The third-order valence-electron chi connectivity index (χ3n) is 2.91. The van der Waals surface area contributed by atoms with E-state index in [4.69, 9.17) is 5.90 Å². The Kier molecular flexibility index (Phi) is 3.59. The molecule has 1 aromatic rings. The fourth-order valence-corrected chi connectivity index (χ4v) is 1.89. The summed E-state index contributed by atoms with van der Waals surface area (Å²) in [5.74, 6) is 4.03. The van der Waals surface area contributed by atoms with Gasteiger partial charge in [-0.3, -0.25) is 14.4 Å². The van der Waals surface area contributed by atoms with E-state index < -0.39 is 11.8 Å². The highest BCUT2D eigenvalue weighted by molar-refractivity contribution is 6.40. The number of nitrogens with two attached hydrogens (primary N) is 1. The van der Waals surface area contributed by atoms with E-state index >= 15 is 0 Å². The van der Waals surface area contributed by atoms with Crippen molar-refractivity contribution in [2.24, 2.45) is 5.90 Å². The molecule has 96 valence electrons. The Morgan fingerprint density at radius 1 is 1.28 bits per heavy atom. The standard InChI is InChI=1S/C12H15N3O3/c1-14-5-6-15(12(17)11(14)16)10-4-2-3-9(7-10)8-18-13/h2-4,7H,5-6,8,13H2,1H3. The van der Waals surface area contributed by atoms with Gasteiger partial charge < -0.3 is 9.80 Å². The molecular formula is C12H15N3O3. The highest BCUT2D eigenvalue weighted by Gasteiger charge is 2.31. The number of carbonyl (C=O) groups excluding carboxylic acids is 2. The Hall–Kier alpha value is -1.92. The van der Waals surface area contributed by atoms with Gasteiger partial charge in [-0.1, -0.05) is 12.1 Å². The largest absolute Gasteiger partial charge is 0.336 e. The van der Waals surface area contributed by atoms with Crippen molar-refractivity contribution in [3.05, 3.63) is 29.8 Å². The van der Waals surface area contributed by atoms with Gasteiger partial charge in [-0.05, 0) is 17.7 Å². The first-order valence-electron chi connectivity index (χ1n) is 5.61. The fourth-order valence-electron chi connectivity index (χ4n) is 1.89. The van der Waals surface area contributed by atoms with Crippen LogP contribution in [0.2, 0.25) is 0 Å². The van der Waals surface area contributed by atoms with Gasteiger partial charge in [0.15, 0.2) is 0 Å². The molecule has 1 aliphatic rings. The van der Waals surface area contributed by atoms with E-state index in [0.29, 0.717) is 18.8 Å². The molecule has 2 N–H and O–H groups in total. The molecular weight excluding hydrogens is 234 g/mol. The van der Waals surface area contributed by atoms with Crippen molar-refractivity contribution in [1.82, 2.24) is 4.90 Å². The summed E-state index contributed by atoms with van der Waals surface area (Å²) in [7, 11) is 1.62. The van der Waals surface area contributed by atoms with Gasteiger partial charge in [-0.15, -0.1) is 0 Å². The van der Waals surface area contributed by atoms with Crippen LogP contribution in [0.5, 0.6) is 0 Å². The van der Waals surface area contributed by atoms with Crippen LogP contribution in [0.3, 0.4) is 0 Å². The fraction of sp³-hybridized carbons (Fsp3) is 0.333. The molecule has 0 aliphatic carbocycles. The maximum atomic E-state index is 11.9. The van der Waals surface area contributed by atoms with E-state index in [1.54, 1.807) is 25.2 Å². The summed E-state index contributed by atoms with van der Waals surface area (Å²) in [6.07, 6.45) is 0. The Balaban J connectivity index is 2.23. The zero-order chi connectivity index (χ0) is 13.1. The third kappa shape index (κ3) is 2.34. The summed E-state index contributed by atoms with van der Waals surface area (Å²) in [5, 5.41) is 0. The molecule has 6 nitrogen and oxygen atoms in total. The van der Waals surface area contributed by atoms with E-state index in [0.717, 1.165) is 5.56 Å². The van der Waals surface area contributed by atoms with Gasteiger partial charge in [0.1, 0.15) is 0 Å². The number of anilines is 1. The van der Waals surface area contributed by atoms with Crippen LogP contribution in [-0.2, 0) is 21.0 Å². The van der Waals surface area contributed by atoms with E-state index in [2.05, 4.69) is 4.84 Å². The summed E-state index contributed by atoms with van der Waals surface area (Å²) in [5.41, 5.74) is 1.55. The second kappa shape index (κ2) is 5.16. The summed E-state index contributed by atoms with van der Waals surface area (Å²) >= 11 is 0. The van der Waals surface area contributed by atoms with Gasteiger partial charge in [0.2, 0.25) is 0 Å². The van der Waals surface area contributed by atoms with Crippen LogP contribution in [-0.4, -0.2) is 36.9 Å².